The van der Waals surface area contributed by atoms with Gasteiger partial charge in [0, 0.05) is 17.9 Å². The van der Waals surface area contributed by atoms with Gasteiger partial charge in [0.1, 0.15) is 5.75 Å². The fourth-order valence-corrected chi connectivity index (χ4v) is 3.73. The minimum absolute atomic E-state index is 0.325. The van der Waals surface area contributed by atoms with E-state index in [2.05, 4.69) is 40.2 Å². The summed E-state index contributed by atoms with van der Waals surface area (Å²) in [5.41, 5.74) is 1.62. The lowest BCUT2D eigenvalue weighted by atomic mass is 9.83. The number of alkyl halides is 1. The molecule has 0 heterocycles. The average molecular weight is 355 g/mol. The molecule has 21 heavy (non-hydrogen) atoms. The van der Waals surface area contributed by atoms with E-state index in [1.807, 2.05) is 0 Å². The second-order valence-corrected chi connectivity index (χ2v) is 6.78. The first kappa shape index (κ1) is 16.8. The summed E-state index contributed by atoms with van der Waals surface area (Å²) in [5.74, 6) is 0.987. The first-order valence-corrected chi connectivity index (χ1v) is 9.17. The van der Waals surface area contributed by atoms with Crippen LogP contribution < -0.4 is 4.74 Å². The molecule has 0 unspecified atom stereocenters. The second-order valence-electron chi connectivity index (χ2n) is 6.22. The number of halogens is 1. The van der Waals surface area contributed by atoms with E-state index in [0.717, 1.165) is 30.7 Å². The van der Waals surface area contributed by atoms with Crippen LogP contribution in [0.5, 0.6) is 5.75 Å². The molecule has 0 aromatic heterocycles. The minimum Gasteiger partial charge on any atom is -0.493 e. The zero-order chi connectivity index (χ0) is 15.0. The molecule has 0 atom stereocenters. The van der Waals surface area contributed by atoms with E-state index < -0.39 is 0 Å². The molecule has 0 bridgehead atoms. The van der Waals surface area contributed by atoms with E-state index in [0.29, 0.717) is 5.41 Å². The maximum absolute atomic E-state index is 6.09. The van der Waals surface area contributed by atoms with Crippen LogP contribution in [-0.4, -0.2) is 25.7 Å². The Labute approximate surface area is 137 Å². The standard InChI is InChI=1S/C18H27BrO2/c1-20-13-10-16-6-8-17(9-7-16)21-15-18(14-19)11-4-2-3-5-12-18/h6-9H,2-5,10-15H2,1H3. The van der Waals surface area contributed by atoms with Gasteiger partial charge in [-0.1, -0.05) is 53.7 Å². The van der Waals surface area contributed by atoms with E-state index >= 15 is 0 Å². The molecular weight excluding hydrogens is 328 g/mol. The van der Waals surface area contributed by atoms with E-state index in [1.54, 1.807) is 7.11 Å². The molecule has 2 rings (SSSR count). The summed E-state index contributed by atoms with van der Waals surface area (Å²) in [7, 11) is 1.74. The van der Waals surface area contributed by atoms with Crippen molar-refractivity contribution in [3.63, 3.8) is 0 Å². The summed E-state index contributed by atoms with van der Waals surface area (Å²) >= 11 is 3.72. The van der Waals surface area contributed by atoms with Crippen molar-refractivity contribution >= 4 is 15.9 Å². The highest BCUT2D eigenvalue weighted by Crippen LogP contribution is 2.37. The van der Waals surface area contributed by atoms with Crippen LogP contribution in [0.1, 0.15) is 44.1 Å². The van der Waals surface area contributed by atoms with Crippen LogP contribution in [0.25, 0.3) is 0 Å². The van der Waals surface area contributed by atoms with E-state index in [1.165, 1.54) is 44.1 Å². The third-order valence-corrected chi connectivity index (χ3v) is 5.70. The van der Waals surface area contributed by atoms with Gasteiger partial charge >= 0.3 is 0 Å². The zero-order valence-corrected chi connectivity index (χ0v) is 14.7. The predicted molar refractivity (Wildman–Crippen MR) is 91.4 cm³/mol. The molecule has 118 valence electrons. The summed E-state index contributed by atoms with van der Waals surface area (Å²) < 4.78 is 11.2. The number of hydrogen-bond acceptors (Lipinski definition) is 2. The summed E-state index contributed by atoms with van der Waals surface area (Å²) in [4.78, 5) is 0. The van der Waals surface area contributed by atoms with Crippen LogP contribution in [0.3, 0.4) is 0 Å². The van der Waals surface area contributed by atoms with E-state index in [4.69, 9.17) is 9.47 Å². The molecule has 3 heteroatoms. The van der Waals surface area contributed by atoms with Crippen molar-refractivity contribution in [2.24, 2.45) is 5.41 Å². The Bertz CT molecular complexity index is 394. The topological polar surface area (TPSA) is 18.5 Å². The highest BCUT2D eigenvalue weighted by atomic mass is 79.9. The number of ether oxygens (including phenoxy) is 2. The SMILES string of the molecule is COCCc1ccc(OCC2(CBr)CCCCCC2)cc1. The lowest BCUT2D eigenvalue weighted by Crippen LogP contribution is -2.29. The largest absolute Gasteiger partial charge is 0.493 e. The Hall–Kier alpha value is -0.540. The van der Waals surface area contributed by atoms with Crippen molar-refractivity contribution in [3.05, 3.63) is 29.8 Å². The Morgan fingerprint density at radius 2 is 1.71 bits per heavy atom. The Balaban J connectivity index is 1.88. The van der Waals surface area contributed by atoms with Crippen LogP contribution in [0.4, 0.5) is 0 Å². The van der Waals surface area contributed by atoms with Crippen molar-refractivity contribution in [1.82, 2.24) is 0 Å². The quantitative estimate of drug-likeness (QED) is 0.507. The Morgan fingerprint density at radius 3 is 2.29 bits per heavy atom. The molecule has 0 N–H and O–H groups in total. The van der Waals surface area contributed by atoms with E-state index in [9.17, 15) is 0 Å². The van der Waals surface area contributed by atoms with Crippen molar-refractivity contribution in [1.29, 1.82) is 0 Å². The normalized spacial score (nSPS) is 18.2. The molecule has 0 saturated heterocycles. The second kappa shape index (κ2) is 8.79. The van der Waals surface area contributed by atoms with Crippen LogP contribution in [0.15, 0.2) is 24.3 Å². The highest BCUT2D eigenvalue weighted by Gasteiger charge is 2.30. The van der Waals surface area contributed by atoms with Crippen molar-refractivity contribution in [2.75, 3.05) is 25.7 Å². The first-order valence-electron chi connectivity index (χ1n) is 8.05. The monoisotopic (exact) mass is 354 g/mol. The van der Waals surface area contributed by atoms with Gasteiger partial charge in [0.15, 0.2) is 0 Å². The number of hydrogen-bond donors (Lipinski definition) is 0. The smallest absolute Gasteiger partial charge is 0.119 e. The average Bonchev–Trinajstić information content (AvgIpc) is 2.78. The highest BCUT2D eigenvalue weighted by molar-refractivity contribution is 9.09. The molecule has 1 aliphatic rings. The van der Waals surface area contributed by atoms with Gasteiger partial charge in [0.25, 0.3) is 0 Å². The van der Waals surface area contributed by atoms with Crippen LogP contribution in [-0.2, 0) is 11.2 Å². The van der Waals surface area contributed by atoms with Gasteiger partial charge in [-0.15, -0.1) is 0 Å². The van der Waals surface area contributed by atoms with Crippen molar-refractivity contribution < 1.29 is 9.47 Å². The van der Waals surface area contributed by atoms with Crippen molar-refractivity contribution in [2.45, 2.75) is 44.9 Å². The lowest BCUT2D eigenvalue weighted by molar-refractivity contribution is 0.149. The molecule has 1 fully saturated rings. The molecule has 1 aromatic carbocycles. The molecule has 2 nitrogen and oxygen atoms in total. The third-order valence-electron chi connectivity index (χ3n) is 4.51. The molecule has 1 saturated carbocycles. The summed E-state index contributed by atoms with van der Waals surface area (Å²) in [6, 6.07) is 8.46. The van der Waals surface area contributed by atoms with Gasteiger partial charge in [-0.2, -0.15) is 0 Å². The minimum atomic E-state index is 0.325. The predicted octanol–water partition coefficient (Wildman–Crippen LogP) is 4.99. The number of benzene rings is 1. The fourth-order valence-electron chi connectivity index (χ4n) is 3.00. The maximum atomic E-state index is 6.09. The number of methoxy groups -OCH3 is 1. The maximum Gasteiger partial charge on any atom is 0.119 e. The molecule has 0 amide bonds. The zero-order valence-electron chi connectivity index (χ0n) is 13.1. The summed E-state index contributed by atoms with van der Waals surface area (Å²) in [6.45, 7) is 1.60. The van der Waals surface area contributed by atoms with Gasteiger partial charge in [0.05, 0.1) is 13.2 Å². The molecule has 0 aliphatic heterocycles. The third kappa shape index (κ3) is 5.30. The first-order chi connectivity index (χ1) is 10.3. The van der Waals surface area contributed by atoms with Gasteiger partial charge in [-0.05, 0) is 37.0 Å². The molecule has 1 aromatic rings. The van der Waals surface area contributed by atoms with Crippen LogP contribution >= 0.6 is 15.9 Å². The Kier molecular flexibility index (Phi) is 7.05. The summed E-state index contributed by atoms with van der Waals surface area (Å²) in [6.07, 6.45) is 8.96. The Morgan fingerprint density at radius 1 is 1.05 bits per heavy atom. The van der Waals surface area contributed by atoms with Gasteiger partial charge in [-0.25, -0.2) is 0 Å². The van der Waals surface area contributed by atoms with E-state index in [-0.39, 0.29) is 0 Å². The fraction of sp³-hybridized carbons (Fsp3) is 0.667. The molecule has 0 radical (unpaired) electrons. The van der Waals surface area contributed by atoms with Crippen LogP contribution in [0.2, 0.25) is 0 Å². The van der Waals surface area contributed by atoms with Crippen molar-refractivity contribution in [3.8, 4) is 5.75 Å². The summed E-state index contributed by atoms with van der Waals surface area (Å²) in [5, 5.41) is 1.05. The molecule has 1 aliphatic carbocycles. The van der Waals surface area contributed by atoms with Gasteiger partial charge < -0.3 is 9.47 Å². The van der Waals surface area contributed by atoms with Crippen LogP contribution in [0, 0.1) is 5.41 Å². The van der Waals surface area contributed by atoms with Gasteiger partial charge in [-0.3, -0.25) is 0 Å². The molecular formula is C18H27BrO2. The molecule has 0 spiro atoms. The number of rotatable bonds is 7. The van der Waals surface area contributed by atoms with Gasteiger partial charge in [0.2, 0.25) is 0 Å². The lowest BCUT2D eigenvalue weighted by Gasteiger charge is -2.30.